The number of benzene rings is 2. The number of nitrogens with zero attached hydrogens (tertiary/aromatic N) is 1. The van der Waals surface area contributed by atoms with Crippen LogP contribution >= 0.6 is 45.8 Å². The number of aromatic nitrogens is 2. The average molecular weight is 799 g/mol. The second kappa shape index (κ2) is 13.9. The topological polar surface area (TPSA) is 231 Å². The van der Waals surface area contributed by atoms with E-state index in [0.29, 0.717) is 17.2 Å². The molecule has 45 heavy (non-hydrogen) atoms. The number of halogens is 1. The third-order valence-electron chi connectivity index (χ3n) is 6.96. The zero-order valence-electron chi connectivity index (χ0n) is 23.4. The van der Waals surface area contributed by atoms with Crippen molar-refractivity contribution in [2.45, 2.75) is 63.2 Å². The molecule has 8 atom stereocenters. The number of nitrogens with one attached hydrogen (secondary N) is 1. The highest BCUT2D eigenvalue weighted by Crippen LogP contribution is 2.63. The number of ether oxygens (including phenoxy) is 3. The molecular weight excluding hydrogens is 772 g/mol. The van der Waals surface area contributed by atoms with Crippen molar-refractivity contribution in [1.29, 1.82) is 0 Å². The van der Waals surface area contributed by atoms with Crippen molar-refractivity contribution >= 4 is 56.6 Å². The van der Waals surface area contributed by atoms with Crippen LogP contribution in [0.1, 0.15) is 38.0 Å². The smallest absolute Gasteiger partial charge is 0.330 e. The summed E-state index contributed by atoms with van der Waals surface area (Å²) in [6, 6.07) is 11.5. The molecule has 0 radical (unpaired) electrons. The van der Waals surface area contributed by atoms with Crippen LogP contribution in [0.4, 0.5) is 0 Å². The standard InChI is InChI=1S/C25H30IN2O14P3/c1-2-3-11-20-39-21-19(38-24(22(21)40-20)28-12-18(26)23(29)27-25(28)30)13-37-44(33,34)42-45(35,36)41-43(31,32)14-16-9-6-8-15-7-4-5-10-17(15)16/h4-10,12,19-22,24H,2-3,11,13-14H2,1H3,(H,31,32)(H,33,34)(H,35,36)(H,27,29,30)/p-3/t19-,20?,21?,22+,24-/m1/s1. The summed E-state index contributed by atoms with van der Waals surface area (Å²) in [7, 11) is -17.0. The molecule has 2 saturated heterocycles. The molecule has 1 aromatic heterocycles. The van der Waals surface area contributed by atoms with Crippen LogP contribution in [0.2, 0.25) is 0 Å². The van der Waals surface area contributed by atoms with Gasteiger partial charge in [0.1, 0.15) is 25.9 Å². The number of phosphoric acid groups is 2. The number of aromatic amines is 1. The number of H-pyrrole nitrogens is 1. The Balaban J connectivity index is 1.26. The number of hydrogen-bond acceptors (Lipinski definition) is 14. The molecule has 3 heterocycles. The highest BCUT2D eigenvalue weighted by Gasteiger charge is 2.54. The minimum Gasteiger partial charge on any atom is -0.778 e. The van der Waals surface area contributed by atoms with E-state index in [1.54, 1.807) is 59.0 Å². The van der Waals surface area contributed by atoms with Crippen molar-refractivity contribution in [3.63, 3.8) is 0 Å². The van der Waals surface area contributed by atoms with E-state index >= 15 is 0 Å². The molecule has 0 bridgehead atoms. The second-order valence-electron chi connectivity index (χ2n) is 10.2. The van der Waals surface area contributed by atoms with E-state index in [4.69, 9.17) is 18.7 Å². The maximum atomic E-state index is 12.6. The first-order chi connectivity index (χ1) is 21.2. The van der Waals surface area contributed by atoms with Gasteiger partial charge in [-0.15, -0.1) is 0 Å². The van der Waals surface area contributed by atoms with Crippen molar-refractivity contribution in [3.8, 4) is 0 Å². The van der Waals surface area contributed by atoms with Gasteiger partial charge in [-0.25, -0.2) is 9.11 Å². The SMILES string of the molecule is CCCCC1OC2[C@@H](COP(=O)([O-])OP(=O)([O-])OP(=O)([O-])Cc3cccc4ccccc34)O[C@@H](n3cc(I)c(=O)[nH]c3=O)[C@H]2O1. The Hall–Kier alpha value is -1.56. The van der Waals surface area contributed by atoms with Crippen molar-refractivity contribution in [3.05, 3.63) is 78.6 Å². The van der Waals surface area contributed by atoms with Crippen molar-refractivity contribution in [2.24, 2.45) is 0 Å². The Morgan fingerprint density at radius 3 is 2.42 bits per heavy atom. The molecule has 5 rings (SSSR count). The summed E-state index contributed by atoms with van der Waals surface area (Å²) in [5, 5.41) is 1.22. The molecular formula is C25H27IN2O14P3-3. The highest BCUT2D eigenvalue weighted by molar-refractivity contribution is 14.1. The van der Waals surface area contributed by atoms with Crippen LogP contribution in [0.3, 0.4) is 0 Å². The second-order valence-corrected chi connectivity index (χ2v) is 16.3. The number of rotatable bonds is 13. The largest absolute Gasteiger partial charge is 0.778 e. The Labute approximate surface area is 269 Å². The minimum atomic E-state index is -6.02. The maximum absolute atomic E-state index is 12.6. The fourth-order valence-corrected chi connectivity index (χ4v) is 9.52. The maximum Gasteiger partial charge on any atom is 0.330 e. The summed E-state index contributed by atoms with van der Waals surface area (Å²) >= 11 is 1.72. The molecule has 2 aliphatic heterocycles. The molecule has 20 heteroatoms. The van der Waals surface area contributed by atoms with E-state index in [0.717, 1.165) is 17.4 Å². The molecule has 16 nitrogen and oxygen atoms in total. The molecule has 0 spiro atoms. The van der Waals surface area contributed by atoms with Gasteiger partial charge >= 0.3 is 5.69 Å². The lowest BCUT2D eigenvalue weighted by Gasteiger charge is -2.35. The molecule has 2 aliphatic rings. The van der Waals surface area contributed by atoms with Gasteiger partial charge < -0.3 is 38.0 Å². The average Bonchev–Trinajstić information content (AvgIpc) is 3.51. The van der Waals surface area contributed by atoms with Gasteiger partial charge in [0.15, 0.2) is 12.5 Å². The first-order valence-electron chi connectivity index (χ1n) is 13.6. The van der Waals surface area contributed by atoms with Gasteiger partial charge in [0, 0.05) is 12.4 Å². The van der Waals surface area contributed by atoms with Crippen LogP contribution in [-0.4, -0.2) is 40.8 Å². The first kappa shape index (κ1) is 34.8. The summed E-state index contributed by atoms with van der Waals surface area (Å²) in [5.74, 6) is 0. The van der Waals surface area contributed by atoms with Gasteiger partial charge in [-0.05, 0) is 51.8 Å². The fourth-order valence-electron chi connectivity index (χ4n) is 5.06. The molecule has 0 amide bonds. The normalized spacial score (nSPS) is 27.1. The van der Waals surface area contributed by atoms with Gasteiger partial charge in [-0.3, -0.25) is 27.8 Å². The van der Waals surface area contributed by atoms with E-state index in [-0.39, 0.29) is 9.13 Å². The summed E-state index contributed by atoms with van der Waals surface area (Å²) in [5.41, 5.74) is -1.22. The van der Waals surface area contributed by atoms with Crippen LogP contribution in [0.25, 0.3) is 10.8 Å². The zero-order valence-corrected chi connectivity index (χ0v) is 28.3. The minimum absolute atomic E-state index is 0.160. The van der Waals surface area contributed by atoms with E-state index < -0.39 is 78.1 Å². The van der Waals surface area contributed by atoms with E-state index in [2.05, 4.69) is 13.6 Å². The lowest BCUT2D eigenvalue weighted by atomic mass is 10.1. The number of unbranched alkanes of at least 4 members (excludes halogenated alkanes) is 1. The van der Waals surface area contributed by atoms with Crippen LogP contribution in [0.5, 0.6) is 0 Å². The Kier molecular flexibility index (Phi) is 10.7. The number of phosphoric ester groups is 1. The third kappa shape index (κ3) is 8.49. The van der Waals surface area contributed by atoms with Crippen molar-refractivity contribution in [2.75, 3.05) is 6.61 Å². The Morgan fingerprint density at radius 2 is 1.67 bits per heavy atom. The van der Waals surface area contributed by atoms with Gasteiger partial charge in [0.2, 0.25) is 0 Å². The lowest BCUT2D eigenvalue weighted by Crippen LogP contribution is -2.37. The molecule has 246 valence electrons. The van der Waals surface area contributed by atoms with Crippen LogP contribution in [-0.2, 0) is 47.2 Å². The fraction of sp³-hybridized carbons (Fsp3) is 0.440. The monoisotopic (exact) mass is 799 g/mol. The molecule has 0 aliphatic carbocycles. The van der Waals surface area contributed by atoms with Crippen LogP contribution < -0.4 is 25.9 Å². The summed E-state index contributed by atoms with van der Waals surface area (Å²) in [6.45, 7) is 1.10. The molecule has 5 unspecified atom stereocenters. The van der Waals surface area contributed by atoms with Gasteiger partial charge in [-0.1, -0.05) is 55.8 Å². The van der Waals surface area contributed by atoms with Gasteiger partial charge in [0.05, 0.1) is 10.2 Å². The van der Waals surface area contributed by atoms with Gasteiger partial charge in [0.25, 0.3) is 21.2 Å². The summed E-state index contributed by atoms with van der Waals surface area (Å²) in [4.78, 5) is 64.1. The third-order valence-corrected chi connectivity index (χ3v) is 12.3. The van der Waals surface area contributed by atoms with Crippen molar-refractivity contribution in [1.82, 2.24) is 9.55 Å². The number of fused-ring (bicyclic) bond motifs is 2. The highest BCUT2D eigenvalue weighted by atomic mass is 127. The number of hydrogen-bond donors (Lipinski definition) is 1. The van der Waals surface area contributed by atoms with Crippen LogP contribution in [0, 0.1) is 3.57 Å². The van der Waals surface area contributed by atoms with Gasteiger partial charge in [-0.2, -0.15) is 0 Å². The van der Waals surface area contributed by atoms with Crippen LogP contribution in [0.15, 0.2) is 58.3 Å². The van der Waals surface area contributed by atoms with E-state index in [1.807, 2.05) is 6.92 Å². The zero-order chi connectivity index (χ0) is 32.6. The Bertz CT molecular complexity index is 1810. The molecule has 0 saturated carbocycles. The van der Waals surface area contributed by atoms with Crippen molar-refractivity contribution < 1.29 is 55.7 Å². The molecule has 3 aromatic rings. The lowest BCUT2D eigenvalue weighted by molar-refractivity contribution is -0.246. The van der Waals surface area contributed by atoms with E-state index in [9.17, 15) is 38.0 Å². The molecule has 1 N–H and O–H groups in total. The predicted octanol–water partition coefficient (Wildman–Crippen LogP) is 2.23. The Morgan fingerprint density at radius 1 is 0.956 bits per heavy atom. The molecule has 2 aromatic carbocycles. The molecule has 2 fully saturated rings. The first-order valence-corrected chi connectivity index (χ1v) is 19.3. The predicted molar refractivity (Wildman–Crippen MR) is 160 cm³/mol. The summed E-state index contributed by atoms with van der Waals surface area (Å²) < 4.78 is 69.4. The van der Waals surface area contributed by atoms with E-state index in [1.165, 1.54) is 12.3 Å². The quantitative estimate of drug-likeness (QED) is 0.193. The summed E-state index contributed by atoms with van der Waals surface area (Å²) in [6.07, 6.45) is -2.59.